The van der Waals surface area contributed by atoms with Gasteiger partial charge in [-0.2, -0.15) is 0 Å². The normalized spacial score (nSPS) is 18.3. The molecule has 0 fully saturated rings. The number of carbonyl (C=O) groups excluding carboxylic acids is 1. The highest BCUT2D eigenvalue weighted by Gasteiger charge is 2.18. The third-order valence-corrected chi connectivity index (χ3v) is 3.42. The molecule has 0 spiro atoms. The second-order valence-corrected chi connectivity index (χ2v) is 5.25. The molecule has 0 aliphatic carbocycles. The lowest BCUT2D eigenvalue weighted by atomic mass is 10.1. The highest BCUT2D eigenvalue weighted by atomic mass is 16.2. The van der Waals surface area contributed by atoms with Gasteiger partial charge in [-0.1, -0.05) is 35.8 Å². The summed E-state index contributed by atoms with van der Waals surface area (Å²) < 4.78 is 79.6. The first kappa shape index (κ1) is 7.30. The molecule has 2 heterocycles. The predicted molar refractivity (Wildman–Crippen MR) is 92.5 cm³/mol. The van der Waals surface area contributed by atoms with Gasteiger partial charge in [0.2, 0.25) is 5.91 Å². The van der Waals surface area contributed by atoms with E-state index in [4.69, 9.17) is 13.7 Å². The number of rotatable bonds is 3. The maximum absolute atomic E-state index is 13.0. The summed E-state index contributed by atoms with van der Waals surface area (Å²) in [5, 5.41) is 0. The first-order valence-corrected chi connectivity index (χ1v) is 6.93. The zero-order valence-corrected chi connectivity index (χ0v) is 12.7. The van der Waals surface area contributed by atoms with Crippen LogP contribution in [-0.2, 0) is 11.2 Å². The third kappa shape index (κ3) is 2.97. The number of pyridine rings is 1. The Bertz CT molecular complexity index is 1220. The molecule has 0 bridgehead atoms. The van der Waals surface area contributed by atoms with E-state index >= 15 is 0 Å². The summed E-state index contributed by atoms with van der Waals surface area (Å²) in [5.41, 5.74) is 1.05. The number of nitrogens with zero attached hydrogens (tertiary/aromatic N) is 3. The third-order valence-electron chi connectivity index (χ3n) is 3.42. The quantitative estimate of drug-likeness (QED) is 0.743. The largest absolute Gasteiger partial charge is 0.348 e. The molecule has 0 unspecified atom stereocenters. The van der Waals surface area contributed by atoms with E-state index in [0.717, 1.165) is 5.56 Å². The lowest BCUT2D eigenvalue weighted by Crippen LogP contribution is -2.24. The Morgan fingerprint density at radius 1 is 1.22 bits per heavy atom. The van der Waals surface area contributed by atoms with Crippen molar-refractivity contribution in [2.45, 2.75) is 20.3 Å². The Kier molecular flexibility index (Phi) is 1.87. The Balaban J connectivity index is 2.31. The van der Waals surface area contributed by atoms with Crippen LogP contribution in [0.5, 0.6) is 0 Å². The topological polar surface area (TPSA) is 37.6 Å². The van der Waals surface area contributed by atoms with Gasteiger partial charge >= 0.3 is 0 Å². The summed E-state index contributed by atoms with van der Waals surface area (Å²) >= 11 is 0. The fraction of sp³-hybridized carbons (Fsp3) is 0.263. The molecule has 0 saturated carbocycles. The van der Waals surface area contributed by atoms with E-state index < -0.39 is 26.3 Å². The number of hydrogen-bond donors (Lipinski definition) is 0. The molecule has 4 heteroatoms. The average molecular weight is 317 g/mol. The molecule has 0 saturated heterocycles. The zero-order chi connectivity index (χ0) is 25.0. The smallest absolute Gasteiger partial charge is 0.228 e. The number of carbonyl (C=O) groups is 1. The van der Waals surface area contributed by atoms with E-state index in [9.17, 15) is 4.79 Å². The van der Waals surface area contributed by atoms with Gasteiger partial charge in [-0.25, -0.2) is 4.98 Å². The summed E-state index contributed by atoms with van der Waals surface area (Å²) in [6.07, 6.45) is 0.901. The molecule has 2 aromatic heterocycles. The SMILES string of the molecule is [2H]c1c([2H])c(-c2nc3ccc(C)cn3c2CC(=O)N(C([2H])([2H])[2H])C([2H])([2H])[2H])c([2H])c([2H])c1C. The van der Waals surface area contributed by atoms with Gasteiger partial charge < -0.3 is 9.30 Å². The van der Waals surface area contributed by atoms with Crippen LogP contribution in [0.3, 0.4) is 0 Å². The Morgan fingerprint density at radius 3 is 2.65 bits per heavy atom. The van der Waals surface area contributed by atoms with Gasteiger partial charge in [0.1, 0.15) is 5.65 Å². The van der Waals surface area contributed by atoms with E-state index in [1.54, 1.807) is 25.3 Å². The van der Waals surface area contributed by atoms with Gasteiger partial charge in [-0.05, 0) is 25.5 Å². The van der Waals surface area contributed by atoms with Gasteiger partial charge in [0.05, 0.1) is 23.3 Å². The van der Waals surface area contributed by atoms with Crippen molar-refractivity contribution in [3.63, 3.8) is 0 Å². The van der Waals surface area contributed by atoms with E-state index in [1.165, 1.54) is 11.3 Å². The summed E-state index contributed by atoms with van der Waals surface area (Å²) in [5.74, 6) is -1.22. The second-order valence-electron chi connectivity index (χ2n) is 5.25. The van der Waals surface area contributed by atoms with Crippen molar-refractivity contribution < 1.29 is 18.5 Å². The molecule has 0 atom stereocenters. The van der Waals surface area contributed by atoms with Gasteiger partial charge in [0.25, 0.3) is 0 Å². The lowest BCUT2D eigenvalue weighted by molar-refractivity contribution is -0.128. The molecule has 0 radical (unpaired) electrons. The molecular formula is C19H21N3O. The van der Waals surface area contributed by atoms with Crippen molar-refractivity contribution in [3.8, 4) is 11.3 Å². The molecular weight excluding hydrogens is 286 g/mol. The van der Waals surface area contributed by atoms with Crippen molar-refractivity contribution in [3.05, 3.63) is 59.3 Å². The van der Waals surface area contributed by atoms with Gasteiger partial charge in [-0.15, -0.1) is 0 Å². The number of hydrogen-bond acceptors (Lipinski definition) is 2. The van der Waals surface area contributed by atoms with Crippen molar-refractivity contribution >= 4 is 11.6 Å². The minimum absolute atomic E-state index is 0.0537. The fourth-order valence-electron chi connectivity index (χ4n) is 2.28. The summed E-state index contributed by atoms with van der Waals surface area (Å²) in [4.78, 5) is 17.2. The Morgan fingerprint density at radius 2 is 1.96 bits per heavy atom. The molecule has 118 valence electrons. The standard InChI is InChI=1S/C19H21N3O/c1-13-5-8-15(9-6-13)19-16(11-18(23)21(3)4)22-12-14(2)7-10-17(22)20-19/h5-10,12H,11H2,1-4H3/i3D3,4D3,5D,6D,8D,9D. The monoisotopic (exact) mass is 317 g/mol. The van der Waals surface area contributed by atoms with Crippen LogP contribution in [0.25, 0.3) is 16.9 Å². The molecule has 1 amide bonds. The number of aromatic nitrogens is 2. The van der Waals surface area contributed by atoms with Crippen LogP contribution in [-0.4, -0.2) is 34.1 Å². The van der Waals surface area contributed by atoms with Crippen LogP contribution >= 0.6 is 0 Å². The summed E-state index contributed by atoms with van der Waals surface area (Å²) in [6.45, 7) is -3.24. The second kappa shape index (κ2) is 5.88. The predicted octanol–water partition coefficient (Wildman–Crippen LogP) is 3.25. The number of aryl methyl sites for hydroxylation is 1. The summed E-state index contributed by atoms with van der Waals surface area (Å²) in [6, 6.07) is 2.06. The molecule has 23 heavy (non-hydrogen) atoms. The molecule has 4 nitrogen and oxygen atoms in total. The highest BCUT2D eigenvalue weighted by molar-refractivity contribution is 5.81. The van der Waals surface area contributed by atoms with Crippen LogP contribution in [0.1, 0.15) is 30.5 Å². The van der Waals surface area contributed by atoms with E-state index in [-0.39, 0.29) is 51.6 Å². The van der Waals surface area contributed by atoms with Gasteiger partial charge in [0.15, 0.2) is 0 Å². The van der Waals surface area contributed by atoms with Crippen LogP contribution in [0.15, 0.2) is 42.5 Å². The van der Waals surface area contributed by atoms with E-state index in [1.807, 2.05) is 0 Å². The zero-order valence-electron chi connectivity index (χ0n) is 22.7. The Labute approximate surface area is 150 Å². The molecule has 0 N–H and O–H groups in total. The number of imidazole rings is 1. The summed E-state index contributed by atoms with van der Waals surface area (Å²) in [7, 11) is 0. The fourth-order valence-corrected chi connectivity index (χ4v) is 2.28. The molecule has 0 aliphatic heterocycles. The molecule has 3 aromatic rings. The van der Waals surface area contributed by atoms with Crippen LogP contribution in [0.4, 0.5) is 0 Å². The minimum atomic E-state index is -3.23. The maximum atomic E-state index is 13.0. The van der Waals surface area contributed by atoms with E-state index in [2.05, 4.69) is 4.98 Å². The van der Waals surface area contributed by atoms with E-state index in [0.29, 0.717) is 5.65 Å². The van der Waals surface area contributed by atoms with Crippen LogP contribution in [0, 0.1) is 13.8 Å². The van der Waals surface area contributed by atoms with Crippen molar-refractivity contribution in [1.82, 2.24) is 14.3 Å². The lowest BCUT2D eigenvalue weighted by Gasteiger charge is -2.11. The number of benzene rings is 1. The molecule has 3 rings (SSSR count). The van der Waals surface area contributed by atoms with Gasteiger partial charge in [0, 0.05) is 33.9 Å². The van der Waals surface area contributed by atoms with Crippen LogP contribution < -0.4 is 0 Å². The first-order chi connectivity index (χ1) is 15.1. The number of fused-ring (bicyclic) bond motifs is 1. The van der Waals surface area contributed by atoms with Gasteiger partial charge in [-0.3, -0.25) is 4.79 Å². The van der Waals surface area contributed by atoms with Crippen molar-refractivity contribution in [1.29, 1.82) is 0 Å². The highest BCUT2D eigenvalue weighted by Crippen LogP contribution is 2.26. The average Bonchev–Trinajstić information content (AvgIpc) is 3.00. The molecule has 0 aliphatic rings. The number of amides is 1. The molecule has 1 aromatic carbocycles. The minimum Gasteiger partial charge on any atom is -0.348 e. The maximum Gasteiger partial charge on any atom is 0.228 e. The van der Waals surface area contributed by atoms with Crippen LogP contribution in [0.2, 0.25) is 0 Å². The first-order valence-electron chi connectivity index (χ1n) is 11.9. The van der Waals surface area contributed by atoms with Crippen molar-refractivity contribution in [2.24, 2.45) is 0 Å². The Hall–Kier alpha value is -2.62. The van der Waals surface area contributed by atoms with Crippen molar-refractivity contribution in [2.75, 3.05) is 14.0 Å². The number of likely N-dealkylation sites (N-methyl/N-ethyl adjacent to an activating group) is 1.